The lowest BCUT2D eigenvalue weighted by Crippen LogP contribution is -2.39. The average Bonchev–Trinajstić information content (AvgIpc) is 3.53. The molecule has 2 aliphatic rings. The lowest BCUT2D eigenvalue weighted by molar-refractivity contribution is 0.0178. The Morgan fingerprint density at radius 1 is 1.18 bits per heavy atom. The second kappa shape index (κ2) is 10.5. The van der Waals surface area contributed by atoms with Crippen molar-refractivity contribution in [3.05, 3.63) is 60.1 Å². The smallest absolute Gasteiger partial charge is 0.442 e. The van der Waals surface area contributed by atoms with E-state index in [-0.39, 0.29) is 54.4 Å². The Morgan fingerprint density at radius 2 is 1.88 bits per heavy atom. The van der Waals surface area contributed by atoms with Crippen LogP contribution in [0.5, 0.6) is 0 Å². The van der Waals surface area contributed by atoms with E-state index in [2.05, 4.69) is 15.5 Å². The predicted molar refractivity (Wildman–Crippen MR) is 135 cm³/mol. The van der Waals surface area contributed by atoms with Crippen LogP contribution in [0.25, 0.3) is 11.1 Å². The van der Waals surface area contributed by atoms with Gasteiger partial charge in [-0.25, -0.2) is 26.6 Å². The number of ether oxygens (including phenoxy) is 1. The molecule has 4 heterocycles. The number of amides is 1. The van der Waals surface area contributed by atoms with Crippen LogP contribution in [0, 0.1) is 11.6 Å². The van der Waals surface area contributed by atoms with Gasteiger partial charge in [-0.05, 0) is 31.0 Å². The molecular formula is C23H23F2N4O9PS. The van der Waals surface area contributed by atoms with Crippen LogP contribution in [0.15, 0.2) is 47.3 Å². The standard InChI is InChI=1S/C23H23F2N4O9PS/c24-17-9-15(29-13-16(37-22(29)30)12-27-20-3-6-36-28-20)10-18(25)21(17)14-1-2-19(26-11-14)23(38-39(31,32)33)4-7-40(34,35)8-5-23/h1-3,6,9-11,16H,4-5,7-8,12-13H2,(H,27,28)(H2,31,32,33)/t16-/m0/s1. The summed E-state index contributed by atoms with van der Waals surface area (Å²) in [6.07, 6.45) is 0.539. The Bertz CT molecular complexity index is 1530. The van der Waals surface area contributed by atoms with Gasteiger partial charge in [-0.2, -0.15) is 0 Å². The molecule has 2 aliphatic heterocycles. The number of hydrogen-bond acceptors (Lipinski definition) is 10. The number of benzene rings is 1. The van der Waals surface area contributed by atoms with Crippen LogP contribution in [0.4, 0.5) is 25.1 Å². The summed E-state index contributed by atoms with van der Waals surface area (Å²) in [6.45, 7) is 0.213. The van der Waals surface area contributed by atoms with Crippen molar-refractivity contribution in [3.63, 3.8) is 0 Å². The molecule has 0 aliphatic carbocycles. The number of phosphoric ester groups is 1. The molecule has 0 bridgehead atoms. The van der Waals surface area contributed by atoms with Crippen molar-refractivity contribution in [2.24, 2.45) is 0 Å². The molecule has 0 saturated carbocycles. The van der Waals surface area contributed by atoms with Crippen molar-refractivity contribution in [2.45, 2.75) is 24.5 Å². The van der Waals surface area contributed by atoms with Crippen molar-refractivity contribution < 1.29 is 50.1 Å². The molecule has 17 heteroatoms. The molecule has 2 aromatic heterocycles. The highest BCUT2D eigenvalue weighted by atomic mass is 32.2. The zero-order valence-corrected chi connectivity index (χ0v) is 22.3. The first kappa shape index (κ1) is 28.1. The highest BCUT2D eigenvalue weighted by molar-refractivity contribution is 7.91. The van der Waals surface area contributed by atoms with Crippen LogP contribution in [0.1, 0.15) is 18.5 Å². The van der Waals surface area contributed by atoms with E-state index in [1.807, 2.05) is 0 Å². The van der Waals surface area contributed by atoms with Gasteiger partial charge in [0, 0.05) is 17.8 Å². The van der Waals surface area contributed by atoms with Gasteiger partial charge < -0.3 is 24.4 Å². The van der Waals surface area contributed by atoms with Gasteiger partial charge in [-0.15, -0.1) is 0 Å². The van der Waals surface area contributed by atoms with Crippen molar-refractivity contribution in [3.8, 4) is 11.1 Å². The maximum absolute atomic E-state index is 15.2. The third kappa shape index (κ3) is 6.00. The third-order valence-electron chi connectivity index (χ3n) is 6.61. The molecule has 3 aromatic rings. The molecule has 13 nitrogen and oxygen atoms in total. The molecule has 0 unspecified atom stereocenters. The minimum absolute atomic E-state index is 0.00116. The largest absolute Gasteiger partial charge is 0.470 e. The van der Waals surface area contributed by atoms with Crippen LogP contribution >= 0.6 is 7.82 Å². The number of carbonyl (C=O) groups excluding carboxylic acids is 1. The summed E-state index contributed by atoms with van der Waals surface area (Å²) >= 11 is 0. The fraction of sp³-hybridized carbons (Fsp3) is 0.348. The summed E-state index contributed by atoms with van der Waals surface area (Å²) in [5, 5.41) is 6.60. The number of cyclic esters (lactones) is 1. The first-order valence-electron chi connectivity index (χ1n) is 11.9. The molecular weight excluding hydrogens is 577 g/mol. The second-order valence-electron chi connectivity index (χ2n) is 9.33. The van der Waals surface area contributed by atoms with Gasteiger partial charge >= 0.3 is 13.9 Å². The number of rotatable bonds is 8. The lowest BCUT2D eigenvalue weighted by atomic mass is 9.91. The quantitative estimate of drug-likeness (QED) is 0.322. The molecule has 0 radical (unpaired) electrons. The summed E-state index contributed by atoms with van der Waals surface area (Å²) in [4.78, 5) is 36.4. The van der Waals surface area contributed by atoms with Crippen molar-refractivity contribution in [1.82, 2.24) is 10.1 Å². The topological polar surface area (TPSA) is 181 Å². The summed E-state index contributed by atoms with van der Waals surface area (Å²) in [5.41, 5.74) is -2.19. The Kier molecular flexibility index (Phi) is 7.39. The lowest BCUT2D eigenvalue weighted by Gasteiger charge is -2.36. The Hall–Kier alpha value is -3.43. The number of anilines is 2. The number of halogens is 2. The molecule has 1 aromatic carbocycles. The number of phosphoric acid groups is 1. The zero-order valence-electron chi connectivity index (χ0n) is 20.6. The number of nitrogens with zero attached hydrogens (tertiary/aromatic N) is 3. The van der Waals surface area contributed by atoms with Gasteiger partial charge in [0.05, 0.1) is 41.5 Å². The molecule has 214 valence electrons. The first-order chi connectivity index (χ1) is 18.8. The minimum Gasteiger partial charge on any atom is -0.442 e. The normalized spacial score (nSPS) is 20.4. The van der Waals surface area contributed by atoms with Crippen LogP contribution in [-0.4, -0.2) is 65.1 Å². The maximum Gasteiger partial charge on any atom is 0.470 e. The highest BCUT2D eigenvalue weighted by Gasteiger charge is 2.45. The number of aromatic nitrogens is 2. The van der Waals surface area contributed by atoms with E-state index >= 15 is 8.78 Å². The van der Waals surface area contributed by atoms with Crippen molar-refractivity contribution in [2.75, 3.05) is 34.8 Å². The van der Waals surface area contributed by atoms with Crippen LogP contribution in [-0.2, 0) is 29.3 Å². The summed E-state index contributed by atoms with van der Waals surface area (Å²) in [7, 11) is -8.46. The second-order valence-corrected chi connectivity index (χ2v) is 12.8. The molecule has 1 atom stereocenters. The fourth-order valence-electron chi connectivity index (χ4n) is 4.65. The molecule has 2 fully saturated rings. The van der Waals surface area contributed by atoms with Gasteiger partial charge in [0.25, 0.3) is 0 Å². The number of pyridine rings is 1. The molecule has 3 N–H and O–H groups in total. The average molecular weight is 600 g/mol. The summed E-state index contributed by atoms with van der Waals surface area (Å²) in [6, 6.07) is 6.09. The molecule has 40 heavy (non-hydrogen) atoms. The Balaban J connectivity index is 1.36. The Labute approximate surface area is 226 Å². The molecule has 5 rings (SSSR count). The third-order valence-corrected chi connectivity index (χ3v) is 8.85. The number of nitrogens with one attached hydrogen (secondary N) is 1. The molecule has 0 spiro atoms. The number of sulfone groups is 1. The van der Waals surface area contributed by atoms with E-state index in [9.17, 15) is 27.6 Å². The number of carbonyl (C=O) groups is 1. The van der Waals surface area contributed by atoms with E-state index in [4.69, 9.17) is 13.8 Å². The minimum atomic E-state index is -5.04. The Morgan fingerprint density at radius 3 is 2.45 bits per heavy atom. The molecule has 1 amide bonds. The van der Waals surface area contributed by atoms with Gasteiger partial charge in [-0.3, -0.25) is 14.4 Å². The van der Waals surface area contributed by atoms with Crippen LogP contribution in [0.3, 0.4) is 0 Å². The van der Waals surface area contributed by atoms with E-state index in [1.165, 1.54) is 18.4 Å². The maximum atomic E-state index is 15.2. The number of hydrogen-bond donors (Lipinski definition) is 3. The zero-order chi connectivity index (χ0) is 28.7. The monoisotopic (exact) mass is 600 g/mol. The van der Waals surface area contributed by atoms with Gasteiger partial charge in [0.2, 0.25) is 0 Å². The van der Waals surface area contributed by atoms with E-state index < -0.39 is 52.7 Å². The van der Waals surface area contributed by atoms with E-state index in [1.54, 1.807) is 6.07 Å². The van der Waals surface area contributed by atoms with E-state index in [0.29, 0.717) is 5.82 Å². The van der Waals surface area contributed by atoms with Crippen LogP contribution in [0.2, 0.25) is 0 Å². The van der Waals surface area contributed by atoms with Gasteiger partial charge in [0.1, 0.15) is 29.6 Å². The first-order valence-corrected chi connectivity index (χ1v) is 15.2. The summed E-state index contributed by atoms with van der Waals surface area (Å²) in [5.74, 6) is -2.31. The summed E-state index contributed by atoms with van der Waals surface area (Å²) < 4.78 is 80.7. The van der Waals surface area contributed by atoms with E-state index in [0.717, 1.165) is 23.2 Å². The van der Waals surface area contributed by atoms with Crippen molar-refractivity contribution in [1.29, 1.82) is 0 Å². The molecule has 2 saturated heterocycles. The van der Waals surface area contributed by atoms with Gasteiger partial charge in [0.15, 0.2) is 15.7 Å². The predicted octanol–water partition coefficient (Wildman–Crippen LogP) is 2.97. The fourth-order valence-corrected chi connectivity index (χ4v) is 6.87. The van der Waals surface area contributed by atoms with Crippen molar-refractivity contribution >= 4 is 35.3 Å². The SMILES string of the molecule is O=C1O[C@@H](CNc2ccon2)CN1c1cc(F)c(-c2ccc(C3(OP(=O)(O)O)CCS(=O)(=O)CC3)nc2)c(F)c1. The van der Waals surface area contributed by atoms with Crippen LogP contribution < -0.4 is 10.2 Å². The highest BCUT2D eigenvalue weighted by Crippen LogP contribution is 2.50. The van der Waals surface area contributed by atoms with Gasteiger partial charge in [-0.1, -0.05) is 11.2 Å².